The molecule has 3 nitrogen and oxygen atoms in total. The minimum Gasteiger partial charge on any atom is -0.508 e. The van der Waals surface area contributed by atoms with E-state index in [1.807, 2.05) is 38.1 Å². The van der Waals surface area contributed by atoms with E-state index in [1.54, 1.807) is 6.07 Å². The lowest BCUT2D eigenvalue weighted by Gasteiger charge is -2.13. The number of phenols is 1. The molecule has 0 saturated carbocycles. The Balaban J connectivity index is 2.20. The van der Waals surface area contributed by atoms with Gasteiger partial charge in [0.15, 0.2) is 0 Å². The molecule has 0 unspecified atom stereocenters. The highest BCUT2D eigenvalue weighted by atomic mass is 35.5. The Morgan fingerprint density at radius 3 is 2.28 bits per heavy atom. The third-order valence-electron chi connectivity index (χ3n) is 4.15. The summed E-state index contributed by atoms with van der Waals surface area (Å²) in [6, 6.07) is 9.26. The van der Waals surface area contributed by atoms with E-state index in [-0.39, 0.29) is 12.3 Å². The summed E-state index contributed by atoms with van der Waals surface area (Å²) in [6.45, 7) is 4.06. The summed E-state index contributed by atoms with van der Waals surface area (Å²) in [5, 5.41) is 19.8. The summed E-state index contributed by atoms with van der Waals surface area (Å²) in [4.78, 5) is 10.6. The summed E-state index contributed by atoms with van der Waals surface area (Å²) in [6.07, 6.45) is 1.88. The number of aliphatic carboxylic acids is 1. The SMILES string of the molecule is CC(C)c1cc(Cc2c(Cl)cc(CCCC(=O)O)cc2Cl)ccc1O. The molecule has 0 aliphatic rings. The Labute approximate surface area is 158 Å². The van der Waals surface area contributed by atoms with Gasteiger partial charge in [-0.05, 0) is 59.2 Å². The monoisotopic (exact) mass is 380 g/mol. The van der Waals surface area contributed by atoms with Crippen LogP contribution in [0.5, 0.6) is 5.75 Å². The lowest BCUT2D eigenvalue weighted by molar-refractivity contribution is -0.137. The van der Waals surface area contributed by atoms with Crippen LogP contribution in [0, 0.1) is 0 Å². The van der Waals surface area contributed by atoms with Gasteiger partial charge in [0.2, 0.25) is 0 Å². The molecule has 0 saturated heterocycles. The zero-order chi connectivity index (χ0) is 18.6. The first-order valence-electron chi connectivity index (χ1n) is 8.28. The predicted molar refractivity (Wildman–Crippen MR) is 102 cm³/mol. The van der Waals surface area contributed by atoms with Gasteiger partial charge >= 0.3 is 5.97 Å². The van der Waals surface area contributed by atoms with Crippen LogP contribution < -0.4 is 0 Å². The van der Waals surface area contributed by atoms with Crippen molar-refractivity contribution in [3.63, 3.8) is 0 Å². The van der Waals surface area contributed by atoms with Crippen molar-refractivity contribution in [3.8, 4) is 5.75 Å². The lowest BCUT2D eigenvalue weighted by Crippen LogP contribution is -1.98. The number of aromatic hydroxyl groups is 1. The maximum absolute atomic E-state index is 10.6. The molecular weight excluding hydrogens is 359 g/mol. The van der Waals surface area contributed by atoms with Crippen LogP contribution in [0.25, 0.3) is 0 Å². The van der Waals surface area contributed by atoms with Crippen molar-refractivity contribution in [2.45, 2.75) is 45.4 Å². The summed E-state index contributed by atoms with van der Waals surface area (Å²) in [5.74, 6) is -0.283. The fourth-order valence-electron chi connectivity index (χ4n) is 2.79. The number of halogens is 2. The Hall–Kier alpha value is -1.71. The largest absolute Gasteiger partial charge is 0.508 e. The molecule has 0 aliphatic carbocycles. The van der Waals surface area contributed by atoms with Gasteiger partial charge in [-0.1, -0.05) is 49.2 Å². The summed E-state index contributed by atoms with van der Waals surface area (Å²) < 4.78 is 0. The lowest BCUT2D eigenvalue weighted by atomic mass is 9.96. The second kappa shape index (κ2) is 8.59. The van der Waals surface area contributed by atoms with Crippen LogP contribution in [0.3, 0.4) is 0 Å². The number of hydrogen-bond donors (Lipinski definition) is 2. The number of hydrogen-bond acceptors (Lipinski definition) is 2. The number of carboxylic acid groups (broad SMARTS) is 1. The third-order valence-corrected chi connectivity index (χ3v) is 4.83. The number of rotatable bonds is 7. The van der Waals surface area contributed by atoms with Crippen LogP contribution in [0.15, 0.2) is 30.3 Å². The quantitative estimate of drug-likeness (QED) is 0.635. The molecular formula is C20H22Cl2O3. The van der Waals surface area contributed by atoms with Crippen molar-refractivity contribution in [2.24, 2.45) is 0 Å². The minimum absolute atomic E-state index is 0.127. The Morgan fingerprint density at radius 1 is 1.08 bits per heavy atom. The van der Waals surface area contributed by atoms with E-state index >= 15 is 0 Å². The Kier molecular flexibility index (Phi) is 6.74. The van der Waals surface area contributed by atoms with Crippen LogP contribution in [0.4, 0.5) is 0 Å². The summed E-state index contributed by atoms with van der Waals surface area (Å²) in [5.41, 5.74) is 3.71. The van der Waals surface area contributed by atoms with Gasteiger partial charge in [-0.2, -0.15) is 0 Å². The molecule has 0 spiro atoms. The van der Waals surface area contributed by atoms with E-state index in [1.165, 1.54) is 0 Å². The normalized spacial score (nSPS) is 11.1. The van der Waals surface area contributed by atoms with E-state index < -0.39 is 5.97 Å². The van der Waals surface area contributed by atoms with E-state index in [4.69, 9.17) is 28.3 Å². The van der Waals surface area contributed by atoms with Crippen LogP contribution in [0.1, 0.15) is 54.9 Å². The maximum atomic E-state index is 10.6. The van der Waals surface area contributed by atoms with E-state index in [0.717, 1.165) is 22.3 Å². The van der Waals surface area contributed by atoms with Crippen molar-refractivity contribution in [1.82, 2.24) is 0 Å². The Morgan fingerprint density at radius 2 is 1.72 bits per heavy atom. The molecule has 2 rings (SSSR count). The van der Waals surface area contributed by atoms with Crippen LogP contribution >= 0.6 is 23.2 Å². The van der Waals surface area contributed by atoms with Crippen molar-refractivity contribution in [1.29, 1.82) is 0 Å². The first-order valence-corrected chi connectivity index (χ1v) is 9.04. The summed E-state index contributed by atoms with van der Waals surface area (Å²) >= 11 is 12.8. The molecule has 0 fully saturated rings. The average Bonchev–Trinajstić information content (AvgIpc) is 2.51. The maximum Gasteiger partial charge on any atom is 0.303 e. The van der Waals surface area contributed by atoms with Crippen molar-refractivity contribution in [2.75, 3.05) is 0 Å². The first-order chi connectivity index (χ1) is 11.8. The molecule has 134 valence electrons. The standard InChI is InChI=1S/C20H22Cl2O3/c1-12(2)15-8-14(6-7-19(15)23)9-16-17(21)10-13(11-18(16)22)4-3-5-20(24)25/h6-8,10-12,23H,3-5,9H2,1-2H3,(H,24,25). The molecule has 2 aromatic carbocycles. The predicted octanol–water partition coefficient (Wildman–Crippen LogP) is 5.82. The molecule has 0 aromatic heterocycles. The second-order valence-corrected chi connectivity index (χ2v) is 7.32. The van der Waals surface area contributed by atoms with Gasteiger partial charge in [-0.25, -0.2) is 0 Å². The molecule has 25 heavy (non-hydrogen) atoms. The fourth-order valence-corrected chi connectivity index (χ4v) is 3.46. The highest BCUT2D eigenvalue weighted by Crippen LogP contribution is 2.32. The molecule has 0 bridgehead atoms. The Bertz CT molecular complexity index is 747. The van der Waals surface area contributed by atoms with Crippen molar-refractivity contribution in [3.05, 3.63) is 62.6 Å². The molecule has 0 atom stereocenters. The number of carbonyl (C=O) groups is 1. The van der Waals surface area contributed by atoms with E-state index in [0.29, 0.717) is 35.1 Å². The van der Waals surface area contributed by atoms with Crippen LogP contribution in [-0.4, -0.2) is 16.2 Å². The molecule has 0 aliphatic heterocycles. The van der Waals surface area contributed by atoms with Crippen LogP contribution in [0.2, 0.25) is 10.0 Å². The third kappa shape index (κ3) is 5.38. The first kappa shape index (κ1) is 19.6. The molecule has 0 heterocycles. The molecule has 0 radical (unpaired) electrons. The topological polar surface area (TPSA) is 57.5 Å². The minimum atomic E-state index is -0.804. The fraction of sp³-hybridized carbons (Fsp3) is 0.350. The zero-order valence-electron chi connectivity index (χ0n) is 14.4. The van der Waals surface area contributed by atoms with Gasteiger partial charge in [0.25, 0.3) is 0 Å². The van der Waals surface area contributed by atoms with Gasteiger partial charge < -0.3 is 10.2 Å². The number of aryl methyl sites for hydroxylation is 1. The highest BCUT2D eigenvalue weighted by Gasteiger charge is 2.12. The second-order valence-electron chi connectivity index (χ2n) is 6.51. The average molecular weight is 381 g/mol. The molecule has 2 N–H and O–H groups in total. The molecule has 0 amide bonds. The van der Waals surface area contributed by atoms with Gasteiger partial charge in [0.1, 0.15) is 5.75 Å². The smallest absolute Gasteiger partial charge is 0.303 e. The zero-order valence-corrected chi connectivity index (χ0v) is 15.9. The number of phenolic OH excluding ortho intramolecular Hbond substituents is 1. The van der Waals surface area contributed by atoms with Gasteiger partial charge in [0.05, 0.1) is 0 Å². The van der Waals surface area contributed by atoms with E-state index in [9.17, 15) is 9.90 Å². The van der Waals surface area contributed by atoms with E-state index in [2.05, 4.69) is 0 Å². The highest BCUT2D eigenvalue weighted by molar-refractivity contribution is 6.36. The van der Waals surface area contributed by atoms with Crippen molar-refractivity contribution < 1.29 is 15.0 Å². The number of benzene rings is 2. The van der Waals surface area contributed by atoms with Gasteiger partial charge in [-0.3, -0.25) is 4.79 Å². The molecule has 2 aromatic rings. The summed E-state index contributed by atoms with van der Waals surface area (Å²) in [7, 11) is 0. The van der Waals surface area contributed by atoms with Gasteiger partial charge in [0, 0.05) is 22.9 Å². The van der Waals surface area contributed by atoms with Gasteiger partial charge in [-0.15, -0.1) is 0 Å². The van der Waals surface area contributed by atoms with Crippen LogP contribution in [-0.2, 0) is 17.6 Å². The number of carboxylic acids is 1. The molecule has 5 heteroatoms. The van der Waals surface area contributed by atoms with Crippen molar-refractivity contribution >= 4 is 29.2 Å².